The van der Waals surface area contributed by atoms with Crippen molar-refractivity contribution in [2.24, 2.45) is 0 Å². The molecule has 1 aromatic heterocycles. The third-order valence-electron chi connectivity index (χ3n) is 5.52. The van der Waals surface area contributed by atoms with Crippen LogP contribution in [0.3, 0.4) is 0 Å². The second-order valence-corrected chi connectivity index (χ2v) is 7.59. The molecule has 1 fully saturated rings. The Hall–Kier alpha value is -2.41. The summed E-state index contributed by atoms with van der Waals surface area (Å²) in [5, 5.41) is 12.6. The van der Waals surface area contributed by atoms with Gasteiger partial charge in [-0.3, -0.25) is 4.90 Å². The van der Waals surface area contributed by atoms with Crippen LogP contribution in [0.4, 0.5) is 5.95 Å². The minimum atomic E-state index is 0.0529. The number of benzene rings is 2. The van der Waals surface area contributed by atoms with Crippen molar-refractivity contribution in [2.45, 2.75) is 32.0 Å². The number of nitrogens with zero attached hydrogens (tertiary/aromatic N) is 3. The van der Waals surface area contributed by atoms with E-state index in [1.807, 2.05) is 18.2 Å². The monoisotopic (exact) mass is 394 g/mol. The highest BCUT2D eigenvalue weighted by Crippen LogP contribution is 2.23. The van der Waals surface area contributed by atoms with Gasteiger partial charge in [0.2, 0.25) is 5.95 Å². The first-order valence-corrected chi connectivity index (χ1v) is 10.5. The van der Waals surface area contributed by atoms with E-state index in [-0.39, 0.29) is 6.61 Å². The summed E-state index contributed by atoms with van der Waals surface area (Å²) in [5.74, 6) is 0.917. The zero-order valence-electron chi connectivity index (χ0n) is 16.8. The molecule has 3 aromatic rings. The van der Waals surface area contributed by atoms with Crippen LogP contribution in [-0.2, 0) is 17.8 Å². The molecule has 1 aliphatic rings. The number of rotatable bonds is 9. The molecule has 0 spiro atoms. The van der Waals surface area contributed by atoms with Gasteiger partial charge in [0, 0.05) is 32.2 Å². The molecular weight excluding hydrogens is 364 g/mol. The maximum Gasteiger partial charge on any atom is 0.204 e. The van der Waals surface area contributed by atoms with Gasteiger partial charge < -0.3 is 19.7 Å². The smallest absolute Gasteiger partial charge is 0.204 e. The molecule has 0 amide bonds. The standard InChI is InChI=1S/C23H30N4O2/c28-15-17-29-16-14-27-22-9-5-4-8-21(22)25-23(27)24-20-10-12-26(13-11-20)18-19-6-2-1-3-7-19/h1-9,20,28H,10-18H2,(H,24,25). The van der Waals surface area contributed by atoms with E-state index in [0.29, 0.717) is 19.3 Å². The molecule has 0 saturated carbocycles. The number of hydrogen-bond acceptors (Lipinski definition) is 5. The largest absolute Gasteiger partial charge is 0.394 e. The number of aliphatic hydroxyl groups excluding tert-OH is 1. The fourth-order valence-electron chi connectivity index (χ4n) is 3.99. The number of ether oxygens (including phenoxy) is 1. The van der Waals surface area contributed by atoms with Gasteiger partial charge in [-0.1, -0.05) is 42.5 Å². The molecule has 0 aliphatic carbocycles. The van der Waals surface area contributed by atoms with Gasteiger partial charge in [0.1, 0.15) is 0 Å². The Labute approximate surface area is 172 Å². The van der Waals surface area contributed by atoms with Crippen LogP contribution in [0.2, 0.25) is 0 Å². The topological polar surface area (TPSA) is 62.6 Å². The summed E-state index contributed by atoms with van der Waals surface area (Å²) in [6, 6.07) is 19.3. The number of fused-ring (bicyclic) bond motifs is 1. The molecule has 1 aliphatic heterocycles. The van der Waals surface area contributed by atoms with Crippen molar-refractivity contribution in [3.63, 3.8) is 0 Å². The number of hydrogen-bond donors (Lipinski definition) is 2. The van der Waals surface area contributed by atoms with E-state index in [0.717, 1.165) is 56.0 Å². The molecule has 2 heterocycles. The second-order valence-electron chi connectivity index (χ2n) is 7.59. The van der Waals surface area contributed by atoms with Crippen molar-refractivity contribution in [3.8, 4) is 0 Å². The lowest BCUT2D eigenvalue weighted by Crippen LogP contribution is -2.39. The van der Waals surface area contributed by atoms with E-state index in [9.17, 15) is 0 Å². The number of piperidine rings is 1. The molecule has 6 heteroatoms. The van der Waals surface area contributed by atoms with Gasteiger partial charge in [-0.25, -0.2) is 4.98 Å². The van der Waals surface area contributed by atoms with E-state index in [1.165, 1.54) is 5.56 Å². The quantitative estimate of drug-likeness (QED) is 0.546. The Morgan fingerprint density at radius 2 is 1.76 bits per heavy atom. The number of para-hydroxylation sites is 2. The van der Waals surface area contributed by atoms with E-state index in [4.69, 9.17) is 14.8 Å². The Morgan fingerprint density at radius 1 is 1.00 bits per heavy atom. The first-order chi connectivity index (χ1) is 14.3. The van der Waals surface area contributed by atoms with Crippen LogP contribution >= 0.6 is 0 Å². The summed E-state index contributed by atoms with van der Waals surface area (Å²) < 4.78 is 7.69. The molecule has 0 radical (unpaired) electrons. The van der Waals surface area contributed by atoms with Crippen molar-refractivity contribution in [3.05, 3.63) is 60.2 Å². The molecule has 1 saturated heterocycles. The van der Waals surface area contributed by atoms with Crippen LogP contribution in [0.5, 0.6) is 0 Å². The van der Waals surface area contributed by atoms with Crippen molar-refractivity contribution < 1.29 is 9.84 Å². The van der Waals surface area contributed by atoms with E-state index in [1.54, 1.807) is 0 Å². The fourth-order valence-corrected chi connectivity index (χ4v) is 3.99. The second kappa shape index (κ2) is 9.87. The number of anilines is 1. The average molecular weight is 395 g/mol. The minimum Gasteiger partial charge on any atom is -0.394 e. The van der Waals surface area contributed by atoms with Crippen molar-refractivity contribution in [2.75, 3.05) is 38.2 Å². The predicted molar refractivity (Wildman–Crippen MR) is 116 cm³/mol. The third kappa shape index (κ3) is 5.15. The predicted octanol–water partition coefficient (Wildman–Crippen LogP) is 3.12. The number of nitrogens with one attached hydrogen (secondary N) is 1. The van der Waals surface area contributed by atoms with Crippen LogP contribution in [0.15, 0.2) is 54.6 Å². The van der Waals surface area contributed by atoms with Gasteiger partial charge in [0.05, 0.1) is 30.9 Å². The van der Waals surface area contributed by atoms with Gasteiger partial charge in [-0.2, -0.15) is 0 Å². The first-order valence-electron chi connectivity index (χ1n) is 10.5. The van der Waals surface area contributed by atoms with Crippen molar-refractivity contribution >= 4 is 17.0 Å². The minimum absolute atomic E-state index is 0.0529. The fraction of sp³-hybridized carbons (Fsp3) is 0.435. The SMILES string of the molecule is OCCOCCn1c(NC2CCN(Cc3ccccc3)CC2)nc2ccccc21. The summed E-state index contributed by atoms with van der Waals surface area (Å²) in [6.45, 7) is 4.90. The van der Waals surface area contributed by atoms with Crippen LogP contribution in [-0.4, -0.2) is 58.5 Å². The first kappa shape index (κ1) is 19.9. The van der Waals surface area contributed by atoms with E-state index in [2.05, 4.69) is 51.2 Å². The van der Waals surface area contributed by atoms with Crippen LogP contribution < -0.4 is 5.32 Å². The van der Waals surface area contributed by atoms with Gasteiger partial charge in [0.25, 0.3) is 0 Å². The molecule has 4 rings (SSSR count). The summed E-state index contributed by atoms with van der Waals surface area (Å²) in [5.41, 5.74) is 3.49. The van der Waals surface area contributed by atoms with Gasteiger partial charge in [0.15, 0.2) is 0 Å². The van der Waals surface area contributed by atoms with Crippen LogP contribution in [0.1, 0.15) is 18.4 Å². The summed E-state index contributed by atoms with van der Waals surface area (Å²) in [4.78, 5) is 7.35. The average Bonchev–Trinajstić information content (AvgIpc) is 3.10. The highest BCUT2D eigenvalue weighted by molar-refractivity contribution is 5.78. The maximum absolute atomic E-state index is 8.92. The molecule has 2 aromatic carbocycles. The molecule has 6 nitrogen and oxygen atoms in total. The zero-order chi connectivity index (χ0) is 19.9. The maximum atomic E-state index is 8.92. The summed E-state index contributed by atoms with van der Waals surface area (Å²) in [7, 11) is 0. The molecule has 0 bridgehead atoms. The van der Waals surface area contributed by atoms with Gasteiger partial charge in [-0.15, -0.1) is 0 Å². The lowest BCUT2D eigenvalue weighted by molar-refractivity contribution is 0.0876. The number of imidazole rings is 1. The highest BCUT2D eigenvalue weighted by atomic mass is 16.5. The molecule has 0 atom stereocenters. The molecule has 154 valence electrons. The van der Waals surface area contributed by atoms with Crippen molar-refractivity contribution in [1.29, 1.82) is 0 Å². The van der Waals surface area contributed by atoms with Gasteiger partial charge in [-0.05, 0) is 30.5 Å². The Balaban J connectivity index is 1.37. The lowest BCUT2D eigenvalue weighted by Gasteiger charge is -2.32. The lowest BCUT2D eigenvalue weighted by atomic mass is 10.0. The number of aromatic nitrogens is 2. The van der Waals surface area contributed by atoms with Crippen LogP contribution in [0, 0.1) is 0 Å². The highest BCUT2D eigenvalue weighted by Gasteiger charge is 2.21. The molecule has 29 heavy (non-hydrogen) atoms. The van der Waals surface area contributed by atoms with E-state index < -0.39 is 0 Å². The summed E-state index contributed by atoms with van der Waals surface area (Å²) >= 11 is 0. The third-order valence-corrected chi connectivity index (χ3v) is 5.52. The Bertz CT molecular complexity index is 888. The molecule has 0 unspecified atom stereocenters. The van der Waals surface area contributed by atoms with Crippen molar-refractivity contribution in [1.82, 2.24) is 14.5 Å². The summed E-state index contributed by atoms with van der Waals surface area (Å²) in [6.07, 6.45) is 2.22. The zero-order valence-corrected chi connectivity index (χ0v) is 16.8. The Morgan fingerprint density at radius 3 is 2.55 bits per heavy atom. The normalized spacial score (nSPS) is 15.8. The van der Waals surface area contributed by atoms with Crippen LogP contribution in [0.25, 0.3) is 11.0 Å². The number of likely N-dealkylation sites (tertiary alicyclic amines) is 1. The Kier molecular flexibility index (Phi) is 6.77. The molecule has 2 N–H and O–H groups in total. The van der Waals surface area contributed by atoms with Gasteiger partial charge >= 0.3 is 0 Å². The van der Waals surface area contributed by atoms with E-state index >= 15 is 0 Å². The number of aliphatic hydroxyl groups is 1. The molecular formula is C23H30N4O2.